The maximum Gasteiger partial charge on any atom is 0.243 e. The summed E-state index contributed by atoms with van der Waals surface area (Å²) in [6.07, 6.45) is 3.79. The van der Waals surface area contributed by atoms with Crippen LogP contribution in [0.3, 0.4) is 0 Å². The summed E-state index contributed by atoms with van der Waals surface area (Å²) in [5.41, 5.74) is 3.17. The van der Waals surface area contributed by atoms with Crippen LogP contribution in [0.25, 0.3) is 11.0 Å². The highest BCUT2D eigenvalue weighted by molar-refractivity contribution is 6.42. The van der Waals surface area contributed by atoms with Gasteiger partial charge in [-0.2, -0.15) is 0 Å². The minimum Gasteiger partial charge on any atom is -0.350 e. The molecule has 2 aromatic carbocycles. The summed E-state index contributed by atoms with van der Waals surface area (Å²) in [6.45, 7) is 2.19. The van der Waals surface area contributed by atoms with Crippen molar-refractivity contribution >= 4 is 40.1 Å². The number of amides is 1. The zero-order valence-electron chi connectivity index (χ0n) is 16.6. The number of aromatic nitrogens is 3. The van der Waals surface area contributed by atoms with E-state index in [2.05, 4.69) is 10.3 Å². The van der Waals surface area contributed by atoms with Crippen molar-refractivity contribution in [3.8, 4) is 0 Å². The van der Waals surface area contributed by atoms with E-state index in [1.54, 1.807) is 43.6 Å². The molecule has 0 aliphatic rings. The van der Waals surface area contributed by atoms with Crippen molar-refractivity contribution in [1.82, 2.24) is 19.9 Å². The van der Waals surface area contributed by atoms with Crippen LogP contribution >= 0.6 is 23.2 Å². The molecule has 158 valence electrons. The van der Waals surface area contributed by atoms with Crippen LogP contribution in [0.1, 0.15) is 29.9 Å². The standard InChI is InChI=1S/C23H19Cl2FN4O/c1-14(23(31)28-13-16-6-8-27-9-7-16)30-21-12-19(25)18(24)11-20(21)29-22(30)10-15-2-4-17(26)5-3-15/h2-9,11-12,14H,10,13H2,1H3,(H,28,31). The first-order valence-electron chi connectivity index (χ1n) is 9.69. The topological polar surface area (TPSA) is 59.8 Å². The average Bonchev–Trinajstić information content (AvgIpc) is 3.10. The Labute approximate surface area is 188 Å². The second-order valence-electron chi connectivity index (χ2n) is 7.21. The van der Waals surface area contributed by atoms with E-state index in [-0.39, 0.29) is 11.7 Å². The fourth-order valence-corrected chi connectivity index (χ4v) is 3.75. The number of imidazole rings is 1. The van der Waals surface area contributed by atoms with Gasteiger partial charge in [-0.15, -0.1) is 0 Å². The van der Waals surface area contributed by atoms with Crippen molar-refractivity contribution in [2.24, 2.45) is 0 Å². The molecule has 0 bridgehead atoms. The summed E-state index contributed by atoms with van der Waals surface area (Å²) in [4.78, 5) is 21.7. The van der Waals surface area contributed by atoms with E-state index < -0.39 is 6.04 Å². The first-order valence-corrected chi connectivity index (χ1v) is 10.4. The number of carbonyl (C=O) groups excluding carboxylic acids is 1. The van der Waals surface area contributed by atoms with Crippen LogP contribution in [0.4, 0.5) is 4.39 Å². The molecule has 0 aliphatic carbocycles. The van der Waals surface area contributed by atoms with E-state index in [4.69, 9.17) is 28.2 Å². The maximum absolute atomic E-state index is 13.3. The Hall–Kier alpha value is -2.96. The highest BCUT2D eigenvalue weighted by Gasteiger charge is 2.22. The highest BCUT2D eigenvalue weighted by Crippen LogP contribution is 2.31. The highest BCUT2D eigenvalue weighted by atomic mass is 35.5. The largest absolute Gasteiger partial charge is 0.350 e. The third-order valence-electron chi connectivity index (χ3n) is 5.06. The Bertz CT molecular complexity index is 1230. The van der Waals surface area contributed by atoms with Gasteiger partial charge in [0.25, 0.3) is 0 Å². The molecular formula is C23H19Cl2FN4O. The summed E-state index contributed by atoms with van der Waals surface area (Å²) < 4.78 is 15.2. The fourth-order valence-electron chi connectivity index (χ4n) is 3.44. The van der Waals surface area contributed by atoms with Gasteiger partial charge >= 0.3 is 0 Å². The summed E-state index contributed by atoms with van der Waals surface area (Å²) in [5, 5.41) is 3.73. The van der Waals surface area contributed by atoms with Gasteiger partial charge in [0.05, 0.1) is 21.1 Å². The van der Waals surface area contributed by atoms with E-state index in [9.17, 15) is 9.18 Å². The lowest BCUT2D eigenvalue weighted by molar-refractivity contribution is -0.124. The number of nitrogens with zero attached hydrogens (tertiary/aromatic N) is 3. The molecule has 1 N–H and O–H groups in total. The van der Waals surface area contributed by atoms with Gasteiger partial charge in [-0.05, 0) is 54.4 Å². The summed E-state index contributed by atoms with van der Waals surface area (Å²) in [7, 11) is 0. The van der Waals surface area contributed by atoms with E-state index >= 15 is 0 Å². The lowest BCUT2D eigenvalue weighted by atomic mass is 10.1. The fraction of sp³-hybridized carbons (Fsp3) is 0.174. The monoisotopic (exact) mass is 456 g/mol. The van der Waals surface area contributed by atoms with Crippen molar-refractivity contribution in [2.75, 3.05) is 0 Å². The van der Waals surface area contributed by atoms with Gasteiger partial charge in [0.1, 0.15) is 17.7 Å². The number of rotatable bonds is 6. The van der Waals surface area contributed by atoms with Gasteiger partial charge in [0.2, 0.25) is 5.91 Å². The second kappa shape index (κ2) is 9.04. The number of carbonyl (C=O) groups is 1. The Morgan fingerprint density at radius 1 is 1.06 bits per heavy atom. The van der Waals surface area contributed by atoms with Crippen LogP contribution in [0.5, 0.6) is 0 Å². The first kappa shape index (κ1) is 21.3. The molecule has 4 aromatic rings. The molecule has 0 saturated carbocycles. The summed E-state index contributed by atoms with van der Waals surface area (Å²) in [6, 6.07) is 12.7. The zero-order valence-corrected chi connectivity index (χ0v) is 18.2. The Morgan fingerprint density at radius 3 is 2.45 bits per heavy atom. The molecule has 8 heteroatoms. The molecule has 1 atom stereocenters. The molecule has 5 nitrogen and oxygen atoms in total. The van der Waals surface area contributed by atoms with Crippen molar-refractivity contribution in [2.45, 2.75) is 25.9 Å². The predicted octanol–water partition coefficient (Wildman–Crippen LogP) is 5.35. The molecule has 0 spiro atoms. The SMILES string of the molecule is CC(C(=O)NCc1ccncc1)n1c(Cc2ccc(F)cc2)nc2cc(Cl)c(Cl)cc21. The van der Waals surface area contributed by atoms with Gasteiger partial charge in [-0.3, -0.25) is 9.78 Å². The van der Waals surface area contributed by atoms with E-state index in [1.807, 2.05) is 16.7 Å². The van der Waals surface area contributed by atoms with Gasteiger partial charge < -0.3 is 9.88 Å². The zero-order chi connectivity index (χ0) is 22.0. The van der Waals surface area contributed by atoms with Crippen LogP contribution in [0.2, 0.25) is 10.0 Å². The lowest BCUT2D eigenvalue weighted by Gasteiger charge is -2.18. The average molecular weight is 457 g/mol. The molecule has 4 rings (SSSR count). The molecule has 2 aromatic heterocycles. The summed E-state index contributed by atoms with van der Waals surface area (Å²) in [5.74, 6) is 0.189. The number of hydrogen-bond donors (Lipinski definition) is 1. The van der Waals surface area contributed by atoms with Gasteiger partial charge in [0, 0.05) is 25.4 Å². The number of benzene rings is 2. The van der Waals surface area contributed by atoms with Crippen molar-refractivity contribution in [3.05, 3.63) is 93.7 Å². The minimum atomic E-state index is -0.556. The van der Waals surface area contributed by atoms with Crippen LogP contribution in [0, 0.1) is 5.82 Å². The molecule has 2 heterocycles. The number of fused-ring (bicyclic) bond motifs is 1. The normalized spacial score (nSPS) is 12.1. The summed E-state index contributed by atoms with van der Waals surface area (Å²) >= 11 is 12.4. The first-order chi connectivity index (χ1) is 14.9. The van der Waals surface area contributed by atoms with Crippen LogP contribution < -0.4 is 5.32 Å². The smallest absolute Gasteiger partial charge is 0.243 e. The van der Waals surface area contributed by atoms with Crippen LogP contribution in [-0.2, 0) is 17.8 Å². The molecule has 0 saturated heterocycles. The Morgan fingerprint density at radius 2 is 1.74 bits per heavy atom. The molecule has 31 heavy (non-hydrogen) atoms. The molecule has 0 fully saturated rings. The number of pyridine rings is 1. The second-order valence-corrected chi connectivity index (χ2v) is 8.02. The minimum absolute atomic E-state index is 0.164. The third kappa shape index (κ3) is 4.70. The lowest BCUT2D eigenvalue weighted by Crippen LogP contribution is -2.31. The molecule has 0 radical (unpaired) electrons. The van der Waals surface area contributed by atoms with Gasteiger partial charge in [-0.25, -0.2) is 9.37 Å². The molecule has 0 aliphatic heterocycles. The van der Waals surface area contributed by atoms with Gasteiger partial charge in [0.15, 0.2) is 0 Å². The molecule has 1 amide bonds. The van der Waals surface area contributed by atoms with E-state index in [1.165, 1.54) is 12.1 Å². The number of halogens is 3. The predicted molar refractivity (Wildman–Crippen MR) is 120 cm³/mol. The van der Waals surface area contributed by atoms with Crippen LogP contribution in [0.15, 0.2) is 60.9 Å². The maximum atomic E-state index is 13.3. The van der Waals surface area contributed by atoms with Gasteiger partial charge in [-0.1, -0.05) is 35.3 Å². The molecule has 1 unspecified atom stereocenters. The van der Waals surface area contributed by atoms with Crippen molar-refractivity contribution in [1.29, 1.82) is 0 Å². The number of nitrogens with one attached hydrogen (secondary N) is 1. The van der Waals surface area contributed by atoms with Crippen molar-refractivity contribution < 1.29 is 9.18 Å². The number of hydrogen-bond acceptors (Lipinski definition) is 3. The van der Waals surface area contributed by atoms with Crippen molar-refractivity contribution in [3.63, 3.8) is 0 Å². The quantitative estimate of drug-likeness (QED) is 0.425. The Kier molecular flexibility index (Phi) is 6.20. The van der Waals surface area contributed by atoms with Crippen LogP contribution in [-0.4, -0.2) is 20.4 Å². The van der Waals surface area contributed by atoms with E-state index in [0.29, 0.717) is 39.9 Å². The van der Waals surface area contributed by atoms with E-state index in [0.717, 1.165) is 11.1 Å². The third-order valence-corrected chi connectivity index (χ3v) is 5.79. The molecular weight excluding hydrogens is 438 g/mol. The Balaban J connectivity index is 1.68.